The minimum atomic E-state index is -4.72. The number of aryl methyl sites for hydroxylation is 1. The van der Waals surface area contributed by atoms with Crippen molar-refractivity contribution in [2.75, 3.05) is 18.0 Å². The van der Waals surface area contributed by atoms with E-state index in [1.807, 2.05) is 23.9 Å². The number of hydrogen-bond donors (Lipinski definition) is 0. The third-order valence-corrected chi connectivity index (χ3v) is 6.02. The lowest BCUT2D eigenvalue weighted by Crippen LogP contribution is -2.30. The van der Waals surface area contributed by atoms with Crippen LogP contribution in [0.1, 0.15) is 30.5 Å². The maximum absolute atomic E-state index is 12.4. The highest BCUT2D eigenvalue weighted by Crippen LogP contribution is 2.25. The van der Waals surface area contributed by atoms with Crippen molar-refractivity contribution in [3.05, 3.63) is 72.4 Å². The van der Waals surface area contributed by atoms with Gasteiger partial charge in [0.2, 0.25) is 0 Å². The van der Waals surface area contributed by atoms with Crippen molar-refractivity contribution in [2.24, 2.45) is 0 Å². The summed E-state index contributed by atoms with van der Waals surface area (Å²) in [5.74, 6) is 0.754. The molecule has 0 bridgehead atoms. The highest BCUT2D eigenvalue weighted by Gasteiger charge is 2.31. The number of aromatic nitrogens is 5. The molecule has 10 heteroatoms. The molecule has 1 saturated heterocycles. The summed E-state index contributed by atoms with van der Waals surface area (Å²) < 4.78 is 44.7. The Labute approximate surface area is 200 Å². The van der Waals surface area contributed by atoms with Crippen LogP contribution in [-0.2, 0) is 6.54 Å². The Morgan fingerprint density at radius 1 is 0.943 bits per heavy atom. The number of benzene rings is 1. The van der Waals surface area contributed by atoms with Crippen molar-refractivity contribution in [3.63, 3.8) is 0 Å². The van der Waals surface area contributed by atoms with E-state index in [0.717, 1.165) is 35.9 Å². The number of ether oxygens (including phenoxy) is 1. The summed E-state index contributed by atoms with van der Waals surface area (Å²) in [5.41, 5.74) is 4.10. The summed E-state index contributed by atoms with van der Waals surface area (Å²) >= 11 is 0. The number of anilines is 1. The number of nitrogens with zero attached hydrogens (tertiary/aromatic N) is 6. The topological polar surface area (TPSA) is 61.0 Å². The molecule has 0 aliphatic carbocycles. The Morgan fingerprint density at radius 3 is 2.40 bits per heavy atom. The number of alkyl halides is 3. The van der Waals surface area contributed by atoms with E-state index in [0.29, 0.717) is 17.9 Å². The Hall–Kier alpha value is -3.82. The highest BCUT2D eigenvalue weighted by molar-refractivity contribution is 5.54. The van der Waals surface area contributed by atoms with Crippen molar-refractivity contribution in [2.45, 2.75) is 39.1 Å². The lowest BCUT2D eigenvalue weighted by Gasteiger charge is -2.27. The van der Waals surface area contributed by atoms with Crippen molar-refractivity contribution < 1.29 is 17.9 Å². The van der Waals surface area contributed by atoms with Gasteiger partial charge in [-0.05, 0) is 68.1 Å². The fraction of sp³-hybridized carbons (Fsp3) is 0.320. The Bertz CT molecular complexity index is 1270. The van der Waals surface area contributed by atoms with Gasteiger partial charge in [-0.2, -0.15) is 5.10 Å². The van der Waals surface area contributed by atoms with Gasteiger partial charge in [0.1, 0.15) is 23.0 Å². The molecule has 0 N–H and O–H groups in total. The number of halogens is 3. The lowest BCUT2D eigenvalue weighted by atomic mass is 10.1. The van der Waals surface area contributed by atoms with Crippen LogP contribution < -0.4 is 9.64 Å². The first-order chi connectivity index (χ1) is 16.8. The van der Waals surface area contributed by atoms with Gasteiger partial charge in [-0.1, -0.05) is 6.07 Å². The van der Waals surface area contributed by atoms with Crippen molar-refractivity contribution >= 4 is 5.82 Å². The maximum Gasteiger partial charge on any atom is 0.573 e. The molecular weight excluding hydrogens is 457 g/mol. The van der Waals surface area contributed by atoms with E-state index in [4.69, 9.17) is 5.10 Å². The number of hydrogen-bond acceptors (Lipinski definition) is 5. The predicted molar refractivity (Wildman–Crippen MR) is 126 cm³/mol. The van der Waals surface area contributed by atoms with Gasteiger partial charge in [-0.3, -0.25) is 4.68 Å². The molecule has 3 aromatic heterocycles. The quantitative estimate of drug-likeness (QED) is 0.370. The second kappa shape index (κ2) is 9.44. The zero-order valence-electron chi connectivity index (χ0n) is 19.2. The molecule has 0 radical (unpaired) electrons. The SMILES string of the molecule is Cc1cc(-c2cn(-c3ccc(OC(F)(F)F)cc3)cn2)nn1Cc1ccc(N2CCCCC2)nc1. The van der Waals surface area contributed by atoms with Crippen LogP contribution in [0.5, 0.6) is 5.75 Å². The van der Waals surface area contributed by atoms with Crippen molar-refractivity contribution in [1.29, 1.82) is 0 Å². The molecule has 0 atom stereocenters. The molecule has 1 aromatic carbocycles. The van der Waals surface area contributed by atoms with E-state index in [9.17, 15) is 13.2 Å². The van der Waals surface area contributed by atoms with Gasteiger partial charge in [0.25, 0.3) is 0 Å². The van der Waals surface area contributed by atoms with Crippen LogP contribution in [0, 0.1) is 6.92 Å². The first-order valence-electron chi connectivity index (χ1n) is 11.5. The summed E-state index contributed by atoms with van der Waals surface area (Å²) in [4.78, 5) is 11.4. The monoisotopic (exact) mass is 482 g/mol. The third kappa shape index (κ3) is 5.47. The Kier molecular flexibility index (Phi) is 6.19. The van der Waals surface area contributed by atoms with Gasteiger partial charge in [0.15, 0.2) is 0 Å². The van der Waals surface area contributed by atoms with Gasteiger partial charge < -0.3 is 14.2 Å². The minimum absolute atomic E-state index is 0.269. The van der Waals surface area contributed by atoms with Gasteiger partial charge in [-0.25, -0.2) is 9.97 Å². The molecule has 182 valence electrons. The molecule has 4 heterocycles. The van der Waals surface area contributed by atoms with E-state index in [1.165, 1.54) is 43.5 Å². The highest BCUT2D eigenvalue weighted by atomic mass is 19.4. The molecule has 4 aromatic rings. The standard InChI is InChI=1S/C25H25F3N6O/c1-18-13-22(23-16-33(17-30-23)20-6-8-21(9-7-20)35-25(26,27)28)31-34(18)15-19-5-10-24(29-14-19)32-11-3-2-4-12-32/h5-10,13-14,16-17H,2-4,11-12,15H2,1H3. The molecule has 7 nitrogen and oxygen atoms in total. The van der Waals surface area contributed by atoms with E-state index in [1.54, 1.807) is 17.1 Å². The molecule has 1 aliphatic heterocycles. The van der Waals surface area contributed by atoms with Gasteiger partial charge in [0, 0.05) is 36.9 Å². The molecule has 1 aliphatic rings. The summed E-state index contributed by atoms with van der Waals surface area (Å²) in [6.07, 6.45) is 4.31. The number of imidazole rings is 1. The summed E-state index contributed by atoms with van der Waals surface area (Å²) in [6.45, 7) is 4.71. The molecule has 5 rings (SSSR count). The maximum atomic E-state index is 12.4. The summed E-state index contributed by atoms with van der Waals surface area (Å²) in [7, 11) is 0. The Balaban J connectivity index is 1.27. The average Bonchev–Trinajstić information content (AvgIpc) is 3.47. The molecule has 0 saturated carbocycles. The summed E-state index contributed by atoms with van der Waals surface area (Å²) in [6, 6.07) is 11.7. The van der Waals surface area contributed by atoms with Crippen LogP contribution in [0.4, 0.5) is 19.0 Å². The van der Waals surface area contributed by atoms with Crippen molar-refractivity contribution in [1.82, 2.24) is 24.3 Å². The number of piperidine rings is 1. The second-order valence-corrected chi connectivity index (χ2v) is 8.61. The first-order valence-corrected chi connectivity index (χ1v) is 11.5. The lowest BCUT2D eigenvalue weighted by molar-refractivity contribution is -0.274. The molecule has 1 fully saturated rings. The fourth-order valence-electron chi connectivity index (χ4n) is 4.20. The average molecular weight is 483 g/mol. The molecular formula is C25H25F3N6O. The predicted octanol–water partition coefficient (Wildman–Crippen LogP) is 5.38. The smallest absolute Gasteiger partial charge is 0.406 e. The van der Waals surface area contributed by atoms with Gasteiger partial charge in [0.05, 0.1) is 12.9 Å². The zero-order chi connectivity index (χ0) is 24.4. The molecule has 0 spiro atoms. The molecule has 35 heavy (non-hydrogen) atoms. The number of rotatable bonds is 6. The van der Waals surface area contributed by atoms with E-state index < -0.39 is 6.36 Å². The van der Waals surface area contributed by atoms with Crippen molar-refractivity contribution in [3.8, 4) is 22.8 Å². The van der Waals surface area contributed by atoms with Crippen LogP contribution in [0.2, 0.25) is 0 Å². The molecule has 0 amide bonds. The van der Waals surface area contributed by atoms with Crippen LogP contribution in [0.15, 0.2) is 61.2 Å². The molecule has 0 unspecified atom stereocenters. The van der Waals surface area contributed by atoms with E-state index in [2.05, 4.69) is 31.7 Å². The van der Waals surface area contributed by atoms with Gasteiger partial charge in [-0.15, -0.1) is 13.2 Å². The second-order valence-electron chi connectivity index (χ2n) is 8.61. The minimum Gasteiger partial charge on any atom is -0.406 e. The first kappa shape index (κ1) is 22.9. The van der Waals surface area contributed by atoms with Crippen LogP contribution in [0.3, 0.4) is 0 Å². The number of pyridine rings is 1. The normalized spacial score (nSPS) is 14.3. The third-order valence-electron chi connectivity index (χ3n) is 6.02. The van der Waals surface area contributed by atoms with Crippen LogP contribution in [0.25, 0.3) is 17.1 Å². The zero-order valence-corrected chi connectivity index (χ0v) is 19.2. The van der Waals surface area contributed by atoms with E-state index >= 15 is 0 Å². The Morgan fingerprint density at radius 2 is 1.71 bits per heavy atom. The van der Waals surface area contributed by atoms with Crippen LogP contribution >= 0.6 is 0 Å². The van der Waals surface area contributed by atoms with E-state index in [-0.39, 0.29) is 5.75 Å². The fourth-order valence-corrected chi connectivity index (χ4v) is 4.20. The largest absolute Gasteiger partial charge is 0.573 e. The summed E-state index contributed by atoms with van der Waals surface area (Å²) in [5, 5.41) is 4.71. The van der Waals surface area contributed by atoms with Crippen LogP contribution in [-0.4, -0.2) is 43.8 Å². The van der Waals surface area contributed by atoms with Gasteiger partial charge >= 0.3 is 6.36 Å².